The second kappa shape index (κ2) is 19.0. The summed E-state index contributed by atoms with van der Waals surface area (Å²) in [5, 5.41) is 5.29. The van der Waals surface area contributed by atoms with Crippen LogP contribution in [0.4, 0.5) is 0 Å². The molecule has 0 nitrogen and oxygen atoms in total. The van der Waals surface area contributed by atoms with E-state index in [4.69, 9.17) is 17.0 Å². The average molecular weight is 783 g/mol. The van der Waals surface area contributed by atoms with Crippen molar-refractivity contribution in [3.05, 3.63) is 181 Å². The number of benzene rings is 6. The first-order valence-electron chi connectivity index (χ1n) is 16.7. The van der Waals surface area contributed by atoms with Gasteiger partial charge in [-0.15, -0.1) is 69.1 Å². The molecule has 4 heteroatoms. The van der Waals surface area contributed by atoms with Crippen LogP contribution in [0.3, 0.4) is 0 Å². The predicted molar refractivity (Wildman–Crippen MR) is 219 cm³/mol. The minimum atomic E-state index is -0.826. The summed E-state index contributed by atoms with van der Waals surface area (Å²) in [5.74, 6) is 0. The van der Waals surface area contributed by atoms with Gasteiger partial charge in [0.2, 0.25) is 0 Å². The number of hydrogen-bond donors (Lipinski definition) is 0. The predicted octanol–water partition coefficient (Wildman–Crippen LogP) is 14.6. The standard InChI is InChI=1S/2C22H17.C2H6Si.2ClH.Zr/c2*1-16-12-13-19-14-20(17-8-4-2-5-9-17)15-21(19)22(16)18-10-6-3-7-11-18;1-3-2;;;/h2*2-15H,1H3;1-2H3;2*1H;/q2*-1;;;;+4/p-2. The van der Waals surface area contributed by atoms with Gasteiger partial charge in [0.15, 0.2) is 0 Å². The fourth-order valence-electron chi connectivity index (χ4n) is 6.35. The van der Waals surface area contributed by atoms with Gasteiger partial charge in [-0.25, -0.2) is 0 Å². The summed E-state index contributed by atoms with van der Waals surface area (Å²) in [4.78, 5) is 0. The summed E-state index contributed by atoms with van der Waals surface area (Å²) in [6, 6.07) is 60.6. The minimum absolute atomic E-state index is 0.826. The van der Waals surface area contributed by atoms with E-state index >= 15 is 0 Å². The van der Waals surface area contributed by atoms with E-state index in [-0.39, 0.29) is 0 Å². The molecule has 0 atom stereocenters. The molecule has 0 spiro atoms. The van der Waals surface area contributed by atoms with E-state index in [1.54, 1.807) is 0 Å². The van der Waals surface area contributed by atoms with Crippen LogP contribution in [0.1, 0.15) is 11.1 Å². The molecule has 0 N–H and O–H groups in total. The zero-order valence-electron chi connectivity index (χ0n) is 28.9. The summed E-state index contributed by atoms with van der Waals surface area (Å²) >= 11 is -0.826. The zero-order chi connectivity index (χ0) is 35.3. The van der Waals surface area contributed by atoms with Crippen LogP contribution < -0.4 is 0 Å². The van der Waals surface area contributed by atoms with Gasteiger partial charge in [0.25, 0.3) is 0 Å². The summed E-state index contributed by atoms with van der Waals surface area (Å²) < 4.78 is 0. The monoisotopic (exact) mass is 780 g/mol. The van der Waals surface area contributed by atoms with Gasteiger partial charge in [0.1, 0.15) is 0 Å². The fraction of sp³-hybridized carbons (Fsp3) is 0.0870. The first-order valence-corrected chi connectivity index (χ1v) is 25.0. The summed E-state index contributed by atoms with van der Waals surface area (Å²) in [5.41, 5.74) is 13.0. The van der Waals surface area contributed by atoms with Crippen molar-refractivity contribution in [2.45, 2.75) is 26.9 Å². The second-order valence-corrected chi connectivity index (χ2v) is 16.8. The van der Waals surface area contributed by atoms with Gasteiger partial charge in [-0.2, -0.15) is 0 Å². The molecule has 0 aliphatic rings. The van der Waals surface area contributed by atoms with Crippen LogP contribution in [0.25, 0.3) is 66.1 Å². The van der Waals surface area contributed by atoms with Gasteiger partial charge in [-0.3, -0.25) is 0 Å². The zero-order valence-corrected chi connectivity index (χ0v) is 33.9. The third kappa shape index (κ3) is 9.30. The summed E-state index contributed by atoms with van der Waals surface area (Å²) in [7, 11) is 11.0. The Kier molecular flexibility index (Phi) is 14.2. The van der Waals surface area contributed by atoms with Crippen molar-refractivity contribution in [1.29, 1.82) is 0 Å². The van der Waals surface area contributed by atoms with Gasteiger partial charge in [0.05, 0.1) is 0 Å². The molecule has 0 fully saturated rings. The number of fused-ring (bicyclic) bond motifs is 2. The van der Waals surface area contributed by atoms with Gasteiger partial charge < -0.3 is 0 Å². The molecule has 0 aliphatic heterocycles. The van der Waals surface area contributed by atoms with E-state index in [1.807, 2.05) is 0 Å². The van der Waals surface area contributed by atoms with Crippen molar-refractivity contribution in [3.63, 3.8) is 0 Å². The first-order chi connectivity index (χ1) is 24.5. The van der Waals surface area contributed by atoms with E-state index in [0.29, 0.717) is 0 Å². The fourth-order valence-corrected chi connectivity index (χ4v) is 6.35. The van der Waals surface area contributed by atoms with Crippen LogP contribution in [-0.4, -0.2) is 9.52 Å². The Morgan fingerprint density at radius 2 is 0.720 bits per heavy atom. The van der Waals surface area contributed by atoms with Crippen molar-refractivity contribution in [2.75, 3.05) is 0 Å². The van der Waals surface area contributed by atoms with E-state index in [2.05, 4.69) is 197 Å². The van der Waals surface area contributed by atoms with Crippen LogP contribution >= 0.6 is 17.0 Å². The van der Waals surface area contributed by atoms with E-state index in [9.17, 15) is 0 Å². The van der Waals surface area contributed by atoms with Gasteiger partial charge >= 0.3 is 37.9 Å². The number of aryl methyl sites for hydroxylation is 2. The Labute approximate surface area is 319 Å². The Bertz CT molecular complexity index is 2040. The maximum absolute atomic E-state index is 4.93. The Morgan fingerprint density at radius 1 is 0.440 bits per heavy atom. The van der Waals surface area contributed by atoms with Crippen molar-refractivity contribution in [3.8, 4) is 44.5 Å². The molecule has 8 aromatic carbocycles. The molecule has 0 saturated heterocycles. The molecule has 50 heavy (non-hydrogen) atoms. The van der Waals surface area contributed by atoms with Crippen molar-refractivity contribution in [1.82, 2.24) is 0 Å². The SMILES string of the molecule is C[Si]C.Cc1ccc2[cH-]c(-c3ccccc3)cc2c1-c1ccccc1.Cc1ccc2[cH-]c(-c3ccccc3)cc2c1-c1ccccc1.[Cl][Zr+2][Cl]. The van der Waals surface area contributed by atoms with E-state index in [0.717, 1.165) is 9.52 Å². The molecule has 0 unspecified atom stereocenters. The van der Waals surface area contributed by atoms with Crippen LogP contribution in [-0.2, 0) is 20.8 Å². The van der Waals surface area contributed by atoms with Crippen LogP contribution in [0, 0.1) is 13.8 Å². The van der Waals surface area contributed by atoms with E-state index in [1.165, 1.54) is 77.2 Å². The molecule has 0 saturated carbocycles. The molecule has 0 aliphatic carbocycles. The van der Waals surface area contributed by atoms with Crippen LogP contribution in [0.2, 0.25) is 13.1 Å². The van der Waals surface area contributed by atoms with Crippen LogP contribution in [0.5, 0.6) is 0 Å². The Hall–Kier alpha value is -3.78. The molecule has 8 rings (SSSR count). The molecular formula is C46H40Cl2SiZr. The van der Waals surface area contributed by atoms with Crippen LogP contribution in [0.15, 0.2) is 170 Å². The molecular weight excluding hydrogens is 743 g/mol. The van der Waals surface area contributed by atoms with Crippen molar-refractivity contribution >= 4 is 48.1 Å². The first kappa shape index (κ1) is 37.5. The summed E-state index contributed by atoms with van der Waals surface area (Å²) in [6.45, 7) is 8.69. The third-order valence-corrected chi connectivity index (χ3v) is 8.54. The molecule has 0 bridgehead atoms. The molecule has 0 heterocycles. The Balaban J connectivity index is 0.000000168. The van der Waals surface area contributed by atoms with E-state index < -0.39 is 20.8 Å². The third-order valence-electron chi connectivity index (χ3n) is 8.54. The molecule has 246 valence electrons. The quantitative estimate of drug-likeness (QED) is 0.123. The van der Waals surface area contributed by atoms with Crippen molar-refractivity contribution < 1.29 is 20.8 Å². The number of hydrogen-bond acceptors (Lipinski definition) is 0. The average Bonchev–Trinajstić information content (AvgIpc) is 3.79. The molecule has 0 aromatic heterocycles. The van der Waals surface area contributed by atoms with Crippen molar-refractivity contribution in [2.24, 2.45) is 0 Å². The molecule has 0 amide bonds. The van der Waals surface area contributed by atoms with Gasteiger partial charge in [-0.05, 0) is 36.1 Å². The van der Waals surface area contributed by atoms with Gasteiger partial charge in [0, 0.05) is 9.52 Å². The number of halogens is 2. The summed E-state index contributed by atoms with van der Waals surface area (Å²) in [6.07, 6.45) is 0. The van der Waals surface area contributed by atoms with Gasteiger partial charge in [-0.1, -0.05) is 169 Å². The maximum atomic E-state index is 4.93. The topological polar surface area (TPSA) is 0 Å². The molecule has 2 radical (unpaired) electrons. The molecule has 8 aromatic rings. The second-order valence-electron chi connectivity index (χ2n) is 12.0. The normalized spacial score (nSPS) is 10.2. The number of rotatable bonds is 4. The Morgan fingerprint density at radius 3 is 1.02 bits per heavy atom.